The lowest BCUT2D eigenvalue weighted by Crippen LogP contribution is -2.24. The van der Waals surface area contributed by atoms with Crippen LogP contribution in [-0.4, -0.2) is 49.2 Å². The van der Waals surface area contributed by atoms with Gasteiger partial charge in [-0.15, -0.1) is 0 Å². The van der Waals surface area contributed by atoms with Crippen LogP contribution in [0.15, 0.2) is 0 Å². The number of carboxylic acid groups (broad SMARTS) is 1. The van der Waals surface area contributed by atoms with Crippen LogP contribution in [0.5, 0.6) is 0 Å². The second-order valence-electron chi connectivity index (χ2n) is 3.34. The van der Waals surface area contributed by atoms with E-state index in [-0.39, 0.29) is 6.10 Å². The van der Waals surface area contributed by atoms with Crippen LogP contribution in [0.25, 0.3) is 0 Å². The van der Waals surface area contributed by atoms with E-state index in [1.54, 1.807) is 0 Å². The summed E-state index contributed by atoms with van der Waals surface area (Å²) in [4.78, 5) is 8.90. The molecule has 1 fully saturated rings. The molecule has 1 aliphatic heterocycles. The molecule has 0 aromatic carbocycles. The Morgan fingerprint density at radius 1 is 1.28 bits per heavy atom. The van der Waals surface area contributed by atoms with Gasteiger partial charge in [-0.1, -0.05) is 0 Å². The lowest BCUT2D eigenvalue weighted by molar-refractivity contribution is -0.192. The zero-order valence-electron chi connectivity index (χ0n) is 8.94. The summed E-state index contributed by atoms with van der Waals surface area (Å²) in [6.45, 7) is 0.165. The Morgan fingerprint density at radius 2 is 1.78 bits per heavy atom. The highest BCUT2D eigenvalue weighted by atomic mass is 19.4. The van der Waals surface area contributed by atoms with Gasteiger partial charge >= 0.3 is 18.3 Å². The summed E-state index contributed by atoms with van der Waals surface area (Å²) >= 11 is 0. The van der Waals surface area contributed by atoms with Gasteiger partial charge in [-0.25, -0.2) is 4.79 Å². The van der Waals surface area contributed by atoms with Crippen LogP contribution in [0.2, 0.25) is 0 Å². The molecular formula is C8H11F6NO3. The number of carbonyl (C=O) groups is 1. The molecule has 10 heteroatoms. The van der Waals surface area contributed by atoms with Crippen molar-refractivity contribution >= 4 is 5.97 Å². The van der Waals surface area contributed by atoms with Crippen LogP contribution in [0.4, 0.5) is 26.3 Å². The zero-order valence-corrected chi connectivity index (χ0v) is 8.94. The van der Waals surface area contributed by atoms with E-state index in [1.165, 1.54) is 0 Å². The molecule has 1 rings (SSSR count). The monoisotopic (exact) mass is 283 g/mol. The SMILES string of the molecule is FC(F)(F)COC1CCNC1.O=C(O)C(F)(F)F. The molecule has 0 aliphatic carbocycles. The Morgan fingerprint density at radius 3 is 2.06 bits per heavy atom. The fourth-order valence-electron chi connectivity index (χ4n) is 0.983. The van der Waals surface area contributed by atoms with Gasteiger partial charge in [0.2, 0.25) is 0 Å². The molecule has 1 atom stereocenters. The largest absolute Gasteiger partial charge is 0.490 e. The first-order valence-electron chi connectivity index (χ1n) is 4.71. The lowest BCUT2D eigenvalue weighted by atomic mass is 10.3. The third kappa shape index (κ3) is 9.05. The van der Waals surface area contributed by atoms with Gasteiger partial charge in [-0.05, 0) is 13.0 Å². The minimum absolute atomic E-state index is 0.253. The van der Waals surface area contributed by atoms with Crippen molar-refractivity contribution in [2.24, 2.45) is 0 Å². The second-order valence-corrected chi connectivity index (χ2v) is 3.34. The topological polar surface area (TPSA) is 58.6 Å². The number of rotatable bonds is 2. The van der Waals surface area contributed by atoms with Gasteiger partial charge in [-0.3, -0.25) is 0 Å². The van der Waals surface area contributed by atoms with E-state index in [9.17, 15) is 26.3 Å². The van der Waals surface area contributed by atoms with Crippen LogP contribution in [0.3, 0.4) is 0 Å². The van der Waals surface area contributed by atoms with E-state index in [4.69, 9.17) is 9.90 Å². The summed E-state index contributed by atoms with van der Waals surface area (Å²) in [5.41, 5.74) is 0. The highest BCUT2D eigenvalue weighted by Gasteiger charge is 2.38. The van der Waals surface area contributed by atoms with Crippen LogP contribution in [0.1, 0.15) is 6.42 Å². The number of hydrogen-bond acceptors (Lipinski definition) is 3. The van der Waals surface area contributed by atoms with E-state index in [2.05, 4.69) is 10.1 Å². The smallest absolute Gasteiger partial charge is 0.475 e. The fourth-order valence-corrected chi connectivity index (χ4v) is 0.983. The van der Waals surface area contributed by atoms with E-state index in [0.717, 1.165) is 6.54 Å². The number of ether oxygens (including phenoxy) is 1. The van der Waals surface area contributed by atoms with Gasteiger partial charge in [-0.2, -0.15) is 26.3 Å². The maximum absolute atomic E-state index is 11.6. The summed E-state index contributed by atoms with van der Waals surface area (Å²) in [7, 11) is 0. The van der Waals surface area contributed by atoms with Crippen molar-refractivity contribution < 1.29 is 41.0 Å². The normalized spacial score (nSPS) is 20.2. The van der Waals surface area contributed by atoms with Crippen LogP contribution in [0, 0.1) is 0 Å². The molecule has 0 aromatic heterocycles. The molecule has 1 aliphatic rings. The summed E-state index contributed by atoms with van der Waals surface area (Å²) in [6.07, 6.45) is -8.85. The third-order valence-electron chi connectivity index (χ3n) is 1.74. The molecule has 0 spiro atoms. The average molecular weight is 283 g/mol. The Balaban J connectivity index is 0.000000360. The first-order valence-corrected chi connectivity index (χ1v) is 4.71. The Kier molecular flexibility index (Phi) is 6.39. The molecule has 1 saturated heterocycles. The minimum atomic E-state index is -5.08. The molecule has 0 amide bonds. The zero-order chi connectivity index (χ0) is 14.4. The number of nitrogens with one attached hydrogen (secondary N) is 1. The molecule has 0 aromatic rings. The fraction of sp³-hybridized carbons (Fsp3) is 0.875. The quantitative estimate of drug-likeness (QED) is 0.755. The van der Waals surface area contributed by atoms with Crippen molar-refractivity contribution in [3.8, 4) is 0 Å². The van der Waals surface area contributed by atoms with Crippen molar-refractivity contribution in [1.82, 2.24) is 5.32 Å². The summed E-state index contributed by atoms with van der Waals surface area (Å²) in [5, 5.41) is 10.0. The summed E-state index contributed by atoms with van der Waals surface area (Å²) < 4.78 is 71.0. The van der Waals surface area contributed by atoms with Gasteiger partial charge in [0.1, 0.15) is 6.61 Å². The maximum Gasteiger partial charge on any atom is 0.490 e. The number of alkyl halides is 6. The molecule has 2 N–H and O–H groups in total. The maximum atomic E-state index is 11.6. The first kappa shape index (κ1) is 17.0. The standard InChI is InChI=1S/C6H10F3NO.C2HF3O2/c7-6(8,9)4-11-5-1-2-10-3-5;3-2(4,5)1(6)7/h5,10H,1-4H2;(H,6,7). The van der Waals surface area contributed by atoms with Crippen LogP contribution < -0.4 is 5.32 Å². The van der Waals surface area contributed by atoms with Crippen molar-refractivity contribution in [3.05, 3.63) is 0 Å². The van der Waals surface area contributed by atoms with Crippen molar-refractivity contribution in [2.45, 2.75) is 24.9 Å². The molecule has 0 bridgehead atoms. The van der Waals surface area contributed by atoms with Crippen LogP contribution in [-0.2, 0) is 9.53 Å². The number of aliphatic carboxylic acids is 1. The Hall–Kier alpha value is -1.03. The minimum Gasteiger partial charge on any atom is -0.475 e. The third-order valence-corrected chi connectivity index (χ3v) is 1.74. The van der Waals surface area contributed by atoms with Crippen molar-refractivity contribution in [3.63, 3.8) is 0 Å². The summed E-state index contributed by atoms with van der Waals surface area (Å²) in [5.74, 6) is -2.76. The molecule has 4 nitrogen and oxygen atoms in total. The lowest BCUT2D eigenvalue weighted by Gasteiger charge is -2.11. The van der Waals surface area contributed by atoms with Crippen LogP contribution >= 0.6 is 0 Å². The second kappa shape index (κ2) is 6.78. The van der Waals surface area contributed by atoms with Gasteiger partial charge in [0, 0.05) is 6.54 Å². The molecular weight excluding hydrogens is 272 g/mol. The average Bonchev–Trinajstić information content (AvgIpc) is 2.65. The Labute approximate surface area is 97.9 Å². The van der Waals surface area contributed by atoms with E-state index < -0.39 is 24.9 Å². The Bertz CT molecular complexity index is 259. The molecule has 18 heavy (non-hydrogen) atoms. The highest BCUT2D eigenvalue weighted by molar-refractivity contribution is 5.73. The number of hydrogen-bond donors (Lipinski definition) is 2. The molecule has 1 unspecified atom stereocenters. The molecule has 0 saturated carbocycles. The number of carboxylic acids is 1. The summed E-state index contributed by atoms with van der Waals surface area (Å²) in [6, 6.07) is 0. The highest BCUT2D eigenvalue weighted by Crippen LogP contribution is 2.16. The van der Waals surface area contributed by atoms with Gasteiger partial charge < -0.3 is 15.2 Å². The van der Waals surface area contributed by atoms with E-state index in [1.807, 2.05) is 0 Å². The van der Waals surface area contributed by atoms with Crippen molar-refractivity contribution in [2.75, 3.05) is 19.7 Å². The van der Waals surface area contributed by atoms with E-state index >= 15 is 0 Å². The molecule has 0 radical (unpaired) electrons. The van der Waals surface area contributed by atoms with Crippen molar-refractivity contribution in [1.29, 1.82) is 0 Å². The predicted molar refractivity (Wildman–Crippen MR) is 47.0 cm³/mol. The molecule has 1 heterocycles. The predicted octanol–water partition coefficient (Wildman–Crippen LogP) is 1.56. The molecule has 108 valence electrons. The van der Waals surface area contributed by atoms with Gasteiger partial charge in [0.15, 0.2) is 0 Å². The van der Waals surface area contributed by atoms with Gasteiger partial charge in [0.25, 0.3) is 0 Å². The number of halogens is 6. The first-order chi connectivity index (χ1) is 8.02. The van der Waals surface area contributed by atoms with Gasteiger partial charge in [0.05, 0.1) is 6.10 Å². The van der Waals surface area contributed by atoms with E-state index in [0.29, 0.717) is 13.0 Å².